The number of nitrogens with zero attached hydrogens (tertiary/aromatic N) is 7. The number of carboxylic acids is 1. The maximum atomic E-state index is 13.7. The molecule has 7 rings (SSSR count). The molecule has 0 amide bonds. The fourth-order valence-electron chi connectivity index (χ4n) is 5.63. The minimum Gasteiger partial charge on any atom is -0.477 e. The number of carboxylic acid groups (broad SMARTS) is 1. The van der Waals surface area contributed by atoms with E-state index in [2.05, 4.69) is 45.5 Å². The Labute approximate surface area is 315 Å². The van der Waals surface area contributed by atoms with Gasteiger partial charge in [0.1, 0.15) is 24.0 Å². The lowest BCUT2D eigenvalue weighted by molar-refractivity contribution is 0.0592. The summed E-state index contributed by atoms with van der Waals surface area (Å²) < 4.78 is 33.1. The van der Waals surface area contributed by atoms with Crippen molar-refractivity contribution in [3.05, 3.63) is 138 Å². The van der Waals surface area contributed by atoms with E-state index in [-0.39, 0.29) is 28.1 Å². The number of nitrogens with one attached hydrogen (secondary N) is 3. The lowest BCUT2D eigenvalue weighted by atomic mass is 10.1. The van der Waals surface area contributed by atoms with Gasteiger partial charge in [-0.15, -0.1) is 0 Å². The summed E-state index contributed by atoms with van der Waals surface area (Å²) >= 11 is 0. The normalized spacial score (nSPS) is 10.9. The maximum absolute atomic E-state index is 13.7. The van der Waals surface area contributed by atoms with Gasteiger partial charge in [0.05, 0.1) is 12.0 Å². The topological polar surface area (TPSA) is 220 Å². The minimum absolute atomic E-state index is 0.0861. The van der Waals surface area contributed by atoms with E-state index in [1.54, 1.807) is 32.2 Å². The van der Waals surface area contributed by atoms with Gasteiger partial charge in [-0.1, -0.05) is 54.1 Å². The molecule has 278 valence electrons. The average Bonchev–Trinajstić information content (AvgIpc) is 3.85. The molecule has 0 aliphatic carbocycles. The van der Waals surface area contributed by atoms with Gasteiger partial charge in [-0.2, -0.15) is 9.97 Å². The van der Waals surface area contributed by atoms with E-state index in [9.17, 15) is 18.0 Å². The van der Waals surface area contributed by atoms with Crippen molar-refractivity contribution >= 4 is 45.2 Å². The first-order valence-corrected chi connectivity index (χ1v) is 18.0. The van der Waals surface area contributed by atoms with Gasteiger partial charge in [0.15, 0.2) is 11.6 Å². The molecule has 0 unspecified atom stereocenters. The summed E-state index contributed by atoms with van der Waals surface area (Å²) in [7, 11) is -2.93. The van der Waals surface area contributed by atoms with E-state index in [1.165, 1.54) is 38.1 Å². The Bertz CT molecular complexity index is 2570. The van der Waals surface area contributed by atoms with Crippen LogP contribution in [-0.4, -0.2) is 71.4 Å². The number of rotatable bonds is 10. The molecule has 0 fully saturated rings. The summed E-state index contributed by atoms with van der Waals surface area (Å²) in [5.74, 6) is -0.565. The van der Waals surface area contributed by atoms with Gasteiger partial charge in [0.25, 0.3) is 10.0 Å². The smallest absolute Gasteiger partial charge is 0.355 e. The molecule has 4 N–H and O–H groups in total. The zero-order valence-electron chi connectivity index (χ0n) is 29.9. The molecule has 55 heavy (non-hydrogen) atoms. The van der Waals surface area contributed by atoms with Gasteiger partial charge in [0, 0.05) is 34.9 Å². The standard InChI is InChI=1S/C24H23N5O4S.C14H11N5O2/c1-15-10-16(2)21(17(3)11-15)34(31,32)29-13-18(12-20(29)23(30)33-4)22-25-14-26-24(28-22)27-19-8-6-5-7-9-19;20-13(21)11-6-9(7-15-11)12-16-8-17-14(19-12)18-10-4-2-1-3-5-10/h5-14H,1-4H3,(H,25,26,27,28);1-8,15H,(H,20,21)(H,16,17,18,19). The van der Waals surface area contributed by atoms with Gasteiger partial charge in [-0.25, -0.2) is 41.9 Å². The number of H-pyrrole nitrogens is 1. The number of ether oxygens (including phenoxy) is 1. The van der Waals surface area contributed by atoms with Gasteiger partial charge in [-0.05, 0) is 68.3 Å². The first-order chi connectivity index (χ1) is 26.4. The van der Waals surface area contributed by atoms with Crippen LogP contribution in [0.1, 0.15) is 37.7 Å². The highest BCUT2D eigenvalue weighted by Gasteiger charge is 2.29. The van der Waals surface area contributed by atoms with Crippen molar-refractivity contribution in [2.45, 2.75) is 25.7 Å². The third-order valence-electron chi connectivity index (χ3n) is 7.94. The van der Waals surface area contributed by atoms with E-state index >= 15 is 0 Å². The van der Waals surface area contributed by atoms with Gasteiger partial charge >= 0.3 is 11.9 Å². The Morgan fingerprint density at radius 3 is 1.76 bits per heavy atom. The van der Waals surface area contributed by atoms with E-state index in [0.29, 0.717) is 34.0 Å². The number of hydrogen-bond acceptors (Lipinski definition) is 13. The molecule has 0 atom stereocenters. The van der Waals surface area contributed by atoms with Crippen LogP contribution in [0, 0.1) is 20.8 Å². The number of para-hydroxylation sites is 2. The number of esters is 1. The van der Waals surface area contributed by atoms with Crippen LogP contribution >= 0.6 is 0 Å². The Balaban J connectivity index is 0.000000209. The zero-order chi connectivity index (χ0) is 39.1. The molecule has 0 spiro atoms. The Morgan fingerprint density at radius 2 is 1.27 bits per heavy atom. The second kappa shape index (κ2) is 16.2. The third kappa shape index (κ3) is 8.69. The molecule has 7 aromatic rings. The van der Waals surface area contributed by atoms with E-state index in [0.717, 1.165) is 20.9 Å². The molecule has 0 aliphatic rings. The summed E-state index contributed by atoms with van der Waals surface area (Å²) in [5.41, 5.74) is 4.58. The molecule has 0 radical (unpaired) electrons. The van der Waals surface area contributed by atoms with Crippen LogP contribution in [0.25, 0.3) is 22.8 Å². The summed E-state index contributed by atoms with van der Waals surface area (Å²) in [4.78, 5) is 51.2. The lowest BCUT2D eigenvalue weighted by Gasteiger charge is -2.14. The minimum atomic E-state index is -4.12. The number of carbonyl (C=O) groups excluding carboxylic acids is 1. The highest BCUT2D eigenvalue weighted by atomic mass is 32.2. The van der Waals surface area contributed by atoms with Crippen LogP contribution < -0.4 is 10.6 Å². The lowest BCUT2D eigenvalue weighted by Crippen LogP contribution is -2.20. The molecule has 4 heterocycles. The predicted octanol–water partition coefficient (Wildman–Crippen LogP) is 6.34. The van der Waals surface area contributed by atoms with Crippen LogP contribution in [0.2, 0.25) is 0 Å². The number of hydrogen-bond donors (Lipinski definition) is 4. The fraction of sp³-hybridized carbons (Fsp3) is 0.105. The maximum Gasteiger partial charge on any atom is 0.355 e. The Kier molecular flexibility index (Phi) is 11.0. The molecule has 17 heteroatoms. The van der Waals surface area contributed by atoms with Crippen molar-refractivity contribution in [2.24, 2.45) is 0 Å². The quantitative estimate of drug-likeness (QED) is 0.112. The first kappa shape index (κ1) is 37.5. The van der Waals surface area contributed by atoms with E-state index in [4.69, 9.17) is 9.84 Å². The molecule has 4 aromatic heterocycles. The fourth-order valence-corrected chi connectivity index (χ4v) is 7.40. The van der Waals surface area contributed by atoms with Crippen LogP contribution in [0.15, 0.2) is 115 Å². The number of methoxy groups -OCH3 is 1. The van der Waals surface area contributed by atoms with E-state index in [1.807, 2.05) is 67.6 Å². The van der Waals surface area contributed by atoms with Crippen molar-refractivity contribution < 1.29 is 27.9 Å². The largest absolute Gasteiger partial charge is 0.477 e. The molecule has 3 aromatic carbocycles. The van der Waals surface area contributed by atoms with Crippen LogP contribution in [0.5, 0.6) is 0 Å². The van der Waals surface area contributed by atoms with Gasteiger partial charge < -0.3 is 25.5 Å². The molecule has 0 saturated carbocycles. The second-order valence-corrected chi connectivity index (χ2v) is 13.7. The number of aromatic nitrogens is 8. The van der Waals surface area contributed by atoms with Crippen molar-refractivity contribution in [1.82, 2.24) is 38.9 Å². The number of aromatic carboxylic acids is 1. The molecular formula is C38H34N10O6S. The Morgan fingerprint density at radius 1 is 0.745 bits per heavy atom. The average molecular weight is 759 g/mol. The number of aryl methyl sites for hydroxylation is 3. The summed E-state index contributed by atoms with van der Waals surface area (Å²) in [5, 5.41) is 15.0. The molecule has 0 aliphatic heterocycles. The molecule has 0 bridgehead atoms. The van der Waals surface area contributed by atoms with Crippen LogP contribution in [-0.2, 0) is 14.8 Å². The van der Waals surface area contributed by atoms with Gasteiger partial charge in [-0.3, -0.25) is 0 Å². The zero-order valence-corrected chi connectivity index (χ0v) is 30.7. The summed E-state index contributed by atoms with van der Waals surface area (Å²) in [6, 6.07) is 25.3. The predicted molar refractivity (Wildman–Crippen MR) is 204 cm³/mol. The van der Waals surface area contributed by atoms with E-state index < -0.39 is 22.0 Å². The van der Waals surface area contributed by atoms with Crippen molar-refractivity contribution in [3.8, 4) is 22.8 Å². The molecule has 16 nitrogen and oxygen atoms in total. The molecular weight excluding hydrogens is 725 g/mol. The van der Waals surface area contributed by atoms with Crippen molar-refractivity contribution in [2.75, 3.05) is 17.7 Å². The highest BCUT2D eigenvalue weighted by molar-refractivity contribution is 7.90. The van der Waals surface area contributed by atoms with Crippen LogP contribution in [0.4, 0.5) is 23.3 Å². The number of carbonyl (C=O) groups is 2. The first-order valence-electron chi connectivity index (χ1n) is 16.5. The number of benzene rings is 3. The van der Waals surface area contributed by atoms with Crippen molar-refractivity contribution in [1.29, 1.82) is 0 Å². The monoisotopic (exact) mass is 758 g/mol. The third-order valence-corrected chi connectivity index (χ3v) is 9.92. The summed E-state index contributed by atoms with van der Waals surface area (Å²) in [6.07, 6.45) is 5.56. The second-order valence-electron chi connectivity index (χ2n) is 12.0. The number of anilines is 4. The molecule has 0 saturated heterocycles. The van der Waals surface area contributed by atoms with Crippen molar-refractivity contribution in [3.63, 3.8) is 0 Å². The number of aromatic amines is 1. The highest BCUT2D eigenvalue weighted by Crippen LogP contribution is 2.29. The SMILES string of the molecule is COC(=O)c1cc(-c2ncnc(Nc3ccccc3)n2)cn1S(=O)(=O)c1c(C)cc(C)cc1C.O=C(O)c1cc(-c2ncnc(Nc3ccccc3)n2)c[nH]1. The summed E-state index contributed by atoms with van der Waals surface area (Å²) in [6.45, 7) is 5.34. The van der Waals surface area contributed by atoms with Gasteiger partial charge in [0.2, 0.25) is 11.9 Å². The Hall–Kier alpha value is -7.27. The van der Waals surface area contributed by atoms with Crippen LogP contribution in [0.3, 0.4) is 0 Å².